The van der Waals surface area contributed by atoms with Crippen molar-refractivity contribution in [2.45, 2.75) is 20.3 Å². The highest BCUT2D eigenvalue weighted by atomic mass is 19.1. The number of nitrogens with one attached hydrogen (secondary N) is 3. The molecule has 0 bridgehead atoms. The van der Waals surface area contributed by atoms with Crippen LogP contribution in [0.2, 0.25) is 0 Å². The fourth-order valence-corrected chi connectivity index (χ4v) is 4.50. The highest BCUT2D eigenvalue weighted by molar-refractivity contribution is 5.96. The van der Waals surface area contributed by atoms with E-state index in [4.69, 9.17) is 9.97 Å². The molecule has 188 valence electrons. The first-order valence-electron chi connectivity index (χ1n) is 12.3. The summed E-state index contributed by atoms with van der Waals surface area (Å²) in [5.74, 6) is 0.416. The topological polar surface area (TPSA) is 112 Å². The van der Waals surface area contributed by atoms with E-state index in [2.05, 4.69) is 25.5 Å². The molecule has 6 rings (SSSR count). The van der Waals surface area contributed by atoms with E-state index in [1.807, 2.05) is 50.2 Å². The SMILES string of the molecule is CC(C)CC(=O)Nc1cncc(-c2ccc3[nH]nc(-c4nc5c(-c6ccccc6F)cccc5[nH]4)c3n2)c1. The van der Waals surface area contributed by atoms with Gasteiger partial charge in [0.2, 0.25) is 5.91 Å². The molecule has 4 aromatic heterocycles. The normalized spacial score (nSPS) is 11.5. The lowest BCUT2D eigenvalue weighted by molar-refractivity contribution is -0.116. The Morgan fingerprint density at radius 2 is 1.79 bits per heavy atom. The highest BCUT2D eigenvalue weighted by Gasteiger charge is 2.18. The summed E-state index contributed by atoms with van der Waals surface area (Å²) in [6, 6.07) is 17.9. The van der Waals surface area contributed by atoms with Crippen molar-refractivity contribution in [3.05, 3.63) is 78.9 Å². The molecular formula is C29H24FN7O. The lowest BCUT2D eigenvalue weighted by Crippen LogP contribution is -2.14. The number of benzene rings is 2. The fraction of sp³-hybridized carbons (Fsp3) is 0.138. The minimum atomic E-state index is -0.308. The summed E-state index contributed by atoms with van der Waals surface area (Å²) in [5, 5.41) is 10.4. The summed E-state index contributed by atoms with van der Waals surface area (Å²) in [4.78, 5) is 29.5. The van der Waals surface area contributed by atoms with Gasteiger partial charge in [-0.05, 0) is 36.2 Å². The molecule has 0 atom stereocenters. The highest BCUT2D eigenvalue weighted by Crippen LogP contribution is 2.33. The van der Waals surface area contributed by atoms with Crippen LogP contribution < -0.4 is 5.32 Å². The molecule has 38 heavy (non-hydrogen) atoms. The van der Waals surface area contributed by atoms with Crippen molar-refractivity contribution in [1.29, 1.82) is 0 Å². The first kappa shape index (κ1) is 23.5. The number of carbonyl (C=O) groups is 1. The van der Waals surface area contributed by atoms with Gasteiger partial charge in [0.1, 0.15) is 11.3 Å². The number of anilines is 1. The van der Waals surface area contributed by atoms with Crippen LogP contribution in [0.25, 0.3) is 56.0 Å². The maximum absolute atomic E-state index is 14.6. The smallest absolute Gasteiger partial charge is 0.224 e. The number of carbonyl (C=O) groups excluding carboxylic acids is 1. The van der Waals surface area contributed by atoms with E-state index in [0.717, 1.165) is 16.6 Å². The second-order valence-corrected chi connectivity index (χ2v) is 9.54. The van der Waals surface area contributed by atoms with Crippen LogP contribution in [0.4, 0.5) is 10.1 Å². The number of hydrogen-bond acceptors (Lipinski definition) is 5. The van der Waals surface area contributed by atoms with Gasteiger partial charge in [0.05, 0.1) is 34.1 Å². The molecule has 4 heterocycles. The third-order valence-corrected chi connectivity index (χ3v) is 6.22. The molecule has 8 nitrogen and oxygen atoms in total. The molecule has 0 spiro atoms. The molecule has 2 aromatic carbocycles. The Morgan fingerprint density at radius 1 is 0.947 bits per heavy atom. The number of hydrogen-bond donors (Lipinski definition) is 3. The van der Waals surface area contributed by atoms with Gasteiger partial charge in [-0.15, -0.1) is 0 Å². The van der Waals surface area contributed by atoms with Crippen LogP contribution >= 0.6 is 0 Å². The number of aromatic nitrogens is 6. The molecule has 0 unspecified atom stereocenters. The summed E-state index contributed by atoms with van der Waals surface area (Å²) < 4.78 is 14.6. The van der Waals surface area contributed by atoms with Gasteiger partial charge >= 0.3 is 0 Å². The van der Waals surface area contributed by atoms with Gasteiger partial charge in [-0.2, -0.15) is 5.10 Å². The van der Waals surface area contributed by atoms with E-state index >= 15 is 0 Å². The second-order valence-electron chi connectivity index (χ2n) is 9.54. The molecular weight excluding hydrogens is 481 g/mol. The van der Waals surface area contributed by atoms with Crippen LogP contribution in [0.1, 0.15) is 20.3 Å². The Kier molecular flexibility index (Phi) is 5.88. The number of pyridine rings is 2. The minimum Gasteiger partial charge on any atom is -0.336 e. The second kappa shape index (κ2) is 9.51. The maximum atomic E-state index is 14.6. The van der Waals surface area contributed by atoms with Crippen molar-refractivity contribution < 1.29 is 9.18 Å². The predicted molar refractivity (Wildman–Crippen MR) is 146 cm³/mol. The van der Waals surface area contributed by atoms with Gasteiger partial charge < -0.3 is 10.3 Å². The van der Waals surface area contributed by atoms with Crippen molar-refractivity contribution in [1.82, 2.24) is 30.1 Å². The van der Waals surface area contributed by atoms with Gasteiger partial charge in [0, 0.05) is 29.3 Å². The molecule has 9 heteroatoms. The lowest BCUT2D eigenvalue weighted by Gasteiger charge is -2.08. The van der Waals surface area contributed by atoms with Gasteiger partial charge in [0.15, 0.2) is 11.5 Å². The van der Waals surface area contributed by atoms with Crippen LogP contribution in [0.3, 0.4) is 0 Å². The lowest BCUT2D eigenvalue weighted by atomic mass is 10.0. The zero-order valence-electron chi connectivity index (χ0n) is 20.8. The molecule has 0 aliphatic heterocycles. The summed E-state index contributed by atoms with van der Waals surface area (Å²) in [7, 11) is 0. The van der Waals surface area contributed by atoms with Crippen LogP contribution in [0.5, 0.6) is 0 Å². The molecule has 0 fully saturated rings. The van der Waals surface area contributed by atoms with E-state index in [9.17, 15) is 9.18 Å². The Bertz CT molecular complexity index is 1800. The van der Waals surface area contributed by atoms with Crippen molar-refractivity contribution in [3.8, 4) is 33.9 Å². The van der Waals surface area contributed by atoms with Crippen molar-refractivity contribution in [3.63, 3.8) is 0 Å². The number of H-pyrrole nitrogens is 2. The average molecular weight is 506 g/mol. The van der Waals surface area contributed by atoms with Crippen LogP contribution in [0.15, 0.2) is 73.1 Å². The van der Waals surface area contributed by atoms with Crippen LogP contribution in [0, 0.1) is 11.7 Å². The zero-order chi connectivity index (χ0) is 26.2. The number of aromatic amines is 2. The first-order chi connectivity index (χ1) is 18.5. The molecule has 1 amide bonds. The monoisotopic (exact) mass is 505 g/mol. The summed E-state index contributed by atoms with van der Waals surface area (Å²) in [6.07, 6.45) is 3.75. The van der Waals surface area contributed by atoms with Crippen LogP contribution in [-0.4, -0.2) is 36.0 Å². The van der Waals surface area contributed by atoms with Gasteiger partial charge in [0.25, 0.3) is 0 Å². The van der Waals surface area contributed by atoms with E-state index in [1.54, 1.807) is 30.6 Å². The Labute approximate surface area is 217 Å². The number of fused-ring (bicyclic) bond motifs is 2. The molecule has 0 aliphatic rings. The summed E-state index contributed by atoms with van der Waals surface area (Å²) in [5.41, 5.74) is 6.55. The average Bonchev–Trinajstić information content (AvgIpc) is 3.52. The molecule has 0 aliphatic carbocycles. The molecule has 6 aromatic rings. The van der Waals surface area contributed by atoms with E-state index in [0.29, 0.717) is 51.5 Å². The van der Waals surface area contributed by atoms with Gasteiger partial charge in [-0.1, -0.05) is 44.2 Å². The first-order valence-corrected chi connectivity index (χ1v) is 12.3. The van der Waals surface area contributed by atoms with Crippen molar-refractivity contribution in [2.24, 2.45) is 5.92 Å². The minimum absolute atomic E-state index is 0.0564. The fourth-order valence-electron chi connectivity index (χ4n) is 4.50. The predicted octanol–water partition coefficient (Wildman–Crippen LogP) is 6.35. The molecule has 0 radical (unpaired) electrons. The number of nitrogens with zero attached hydrogens (tertiary/aromatic N) is 4. The Balaban J connectivity index is 1.39. The number of halogens is 1. The third-order valence-electron chi connectivity index (χ3n) is 6.22. The molecule has 0 saturated carbocycles. The van der Waals surface area contributed by atoms with Crippen molar-refractivity contribution >= 4 is 33.7 Å². The quantitative estimate of drug-likeness (QED) is 0.244. The standard InChI is InChI=1S/C29H24FN7O/c1-16(2)12-25(38)32-18-13-17(14-31-15-18)22-10-11-24-27(33-22)28(37-36-24)29-34-23-9-5-7-20(26(23)35-29)19-6-3-4-8-21(19)30/h3-11,13-16H,12H2,1-2H3,(H,32,38)(H,34,35)(H,36,37). The van der Waals surface area contributed by atoms with Gasteiger partial charge in [-0.25, -0.2) is 14.4 Å². The number of imidazole rings is 1. The Morgan fingerprint density at radius 3 is 2.63 bits per heavy atom. The number of amides is 1. The maximum Gasteiger partial charge on any atom is 0.224 e. The van der Waals surface area contributed by atoms with Crippen LogP contribution in [-0.2, 0) is 4.79 Å². The summed E-state index contributed by atoms with van der Waals surface area (Å²) >= 11 is 0. The molecule has 3 N–H and O–H groups in total. The zero-order valence-corrected chi connectivity index (χ0v) is 20.8. The van der Waals surface area contributed by atoms with Crippen molar-refractivity contribution in [2.75, 3.05) is 5.32 Å². The molecule has 0 saturated heterocycles. The summed E-state index contributed by atoms with van der Waals surface area (Å²) in [6.45, 7) is 4.00. The largest absolute Gasteiger partial charge is 0.336 e. The third kappa shape index (κ3) is 4.39. The van der Waals surface area contributed by atoms with E-state index in [1.165, 1.54) is 6.07 Å². The van der Waals surface area contributed by atoms with E-state index in [-0.39, 0.29) is 17.6 Å². The number of para-hydroxylation sites is 1. The van der Waals surface area contributed by atoms with Gasteiger partial charge in [-0.3, -0.25) is 14.9 Å². The Hall–Kier alpha value is -4.92. The number of rotatable bonds is 6. The van der Waals surface area contributed by atoms with E-state index < -0.39 is 0 Å².